The van der Waals surface area contributed by atoms with Gasteiger partial charge in [-0.1, -0.05) is 13.8 Å². The first-order valence-corrected chi connectivity index (χ1v) is 10.6. The smallest absolute Gasteiger partial charge is 0.291 e. The van der Waals surface area contributed by atoms with Crippen molar-refractivity contribution < 1.29 is 9.21 Å². The first kappa shape index (κ1) is 19.5. The fourth-order valence-electron chi connectivity index (χ4n) is 3.23. The van der Waals surface area contributed by atoms with Crippen LogP contribution in [0.3, 0.4) is 0 Å². The van der Waals surface area contributed by atoms with Crippen molar-refractivity contribution in [2.24, 2.45) is 0 Å². The van der Waals surface area contributed by atoms with E-state index in [-0.39, 0.29) is 11.5 Å². The van der Waals surface area contributed by atoms with E-state index >= 15 is 0 Å². The number of carbonyl (C=O) groups excluding carboxylic acids is 1. The summed E-state index contributed by atoms with van der Waals surface area (Å²) in [6, 6.07) is 2.89. The Morgan fingerprint density at radius 3 is 2.89 bits per heavy atom. The molecule has 3 aromatic heterocycles. The molecule has 0 aromatic carbocycles. The number of hydrogen-bond acceptors (Lipinski definition) is 5. The van der Waals surface area contributed by atoms with Gasteiger partial charge in [0.15, 0.2) is 5.58 Å². The lowest BCUT2D eigenvalue weighted by atomic mass is 10.2. The molecule has 0 aliphatic carbocycles. The minimum atomic E-state index is -0.620. The molecule has 0 radical (unpaired) electrons. The van der Waals surface area contributed by atoms with Gasteiger partial charge in [-0.15, -0.1) is 0 Å². The number of nitrogens with zero attached hydrogens (tertiary/aromatic N) is 3. The van der Waals surface area contributed by atoms with Crippen LogP contribution in [0.15, 0.2) is 27.6 Å². The Morgan fingerprint density at radius 2 is 2.15 bits per heavy atom. The fourth-order valence-corrected chi connectivity index (χ4v) is 4.07. The van der Waals surface area contributed by atoms with Gasteiger partial charge in [-0.05, 0) is 37.7 Å². The summed E-state index contributed by atoms with van der Waals surface area (Å²) in [5, 5.41) is 7.37. The van der Waals surface area contributed by atoms with Gasteiger partial charge in [0.25, 0.3) is 5.56 Å². The van der Waals surface area contributed by atoms with Crippen LogP contribution in [-0.4, -0.2) is 38.1 Å². The maximum Gasteiger partial charge on any atom is 0.291 e. The van der Waals surface area contributed by atoms with Crippen LogP contribution < -0.4 is 10.9 Å². The number of rotatable bonds is 9. The number of nitrogens with one attached hydrogen (secondary N) is 1. The average molecular weight is 391 g/mol. The van der Waals surface area contributed by atoms with Crippen molar-refractivity contribution in [3.8, 4) is 0 Å². The van der Waals surface area contributed by atoms with Gasteiger partial charge < -0.3 is 9.73 Å². The first-order chi connectivity index (χ1) is 13.1. The largest absolute Gasteiger partial charge is 0.463 e. The van der Waals surface area contributed by atoms with E-state index in [2.05, 4.69) is 17.3 Å². The molecule has 0 spiro atoms. The van der Waals surface area contributed by atoms with Gasteiger partial charge in [0.2, 0.25) is 5.91 Å². The van der Waals surface area contributed by atoms with Crippen molar-refractivity contribution in [3.05, 3.63) is 34.6 Å². The van der Waals surface area contributed by atoms with Crippen LogP contribution in [0, 0.1) is 6.92 Å². The minimum absolute atomic E-state index is 0.161. The van der Waals surface area contributed by atoms with Crippen molar-refractivity contribution in [2.45, 2.75) is 46.1 Å². The number of furan rings is 1. The van der Waals surface area contributed by atoms with Crippen LogP contribution in [-0.2, 0) is 4.79 Å². The molecule has 3 aromatic rings. The highest BCUT2D eigenvalue weighted by Crippen LogP contribution is 2.21. The summed E-state index contributed by atoms with van der Waals surface area (Å²) >= 11 is 1.89. The predicted octanol–water partition coefficient (Wildman–Crippen LogP) is 3.15. The third-order valence-corrected chi connectivity index (χ3v) is 5.80. The van der Waals surface area contributed by atoms with Crippen molar-refractivity contribution in [1.82, 2.24) is 19.5 Å². The van der Waals surface area contributed by atoms with Crippen molar-refractivity contribution in [3.63, 3.8) is 0 Å². The molecule has 3 heterocycles. The van der Waals surface area contributed by atoms with E-state index in [1.807, 2.05) is 25.6 Å². The molecule has 0 bridgehead atoms. The van der Waals surface area contributed by atoms with Crippen molar-refractivity contribution >= 4 is 34.3 Å². The normalized spacial score (nSPS) is 12.7. The van der Waals surface area contributed by atoms with Gasteiger partial charge in [0, 0.05) is 18.7 Å². The molecule has 0 aliphatic heterocycles. The van der Waals surface area contributed by atoms with Gasteiger partial charge >= 0.3 is 0 Å². The Morgan fingerprint density at radius 1 is 1.33 bits per heavy atom. The van der Waals surface area contributed by atoms with Crippen LogP contribution in [0.2, 0.25) is 0 Å². The highest BCUT2D eigenvalue weighted by Gasteiger charge is 2.23. The van der Waals surface area contributed by atoms with Gasteiger partial charge in [0.1, 0.15) is 17.4 Å². The molecule has 7 nitrogen and oxygen atoms in total. The Bertz CT molecular complexity index is 988. The van der Waals surface area contributed by atoms with E-state index in [4.69, 9.17) is 4.42 Å². The molecular weight excluding hydrogens is 364 g/mol. The minimum Gasteiger partial charge on any atom is -0.463 e. The van der Waals surface area contributed by atoms with Gasteiger partial charge in [-0.3, -0.25) is 14.0 Å². The lowest BCUT2D eigenvalue weighted by Crippen LogP contribution is -2.39. The SMILES string of the molecule is CCCSCCCNC(=O)[C@H](CC)n1nc(C)n2c(cc3occc32)c1=O. The highest BCUT2D eigenvalue weighted by atomic mass is 32.2. The molecule has 146 valence electrons. The van der Waals surface area contributed by atoms with E-state index < -0.39 is 6.04 Å². The number of fused-ring (bicyclic) bond motifs is 3. The van der Waals surface area contributed by atoms with Crippen LogP contribution in [0.1, 0.15) is 45.0 Å². The van der Waals surface area contributed by atoms with E-state index in [0.717, 1.165) is 29.9 Å². The summed E-state index contributed by atoms with van der Waals surface area (Å²) in [5.74, 6) is 2.65. The van der Waals surface area contributed by atoms with Crippen LogP contribution in [0.5, 0.6) is 0 Å². The number of aryl methyl sites for hydroxylation is 1. The monoisotopic (exact) mass is 390 g/mol. The maximum absolute atomic E-state index is 13.0. The lowest BCUT2D eigenvalue weighted by molar-refractivity contribution is -0.124. The number of hydrogen-bond donors (Lipinski definition) is 1. The zero-order valence-corrected chi connectivity index (χ0v) is 16.8. The lowest BCUT2D eigenvalue weighted by Gasteiger charge is -2.18. The summed E-state index contributed by atoms with van der Waals surface area (Å²) in [7, 11) is 0. The predicted molar refractivity (Wildman–Crippen MR) is 109 cm³/mol. The Balaban J connectivity index is 1.80. The second-order valence-corrected chi connectivity index (χ2v) is 7.74. The molecule has 0 saturated carbocycles. The molecule has 1 N–H and O–H groups in total. The molecule has 0 aliphatic rings. The van der Waals surface area contributed by atoms with Crippen molar-refractivity contribution in [2.75, 3.05) is 18.1 Å². The summed E-state index contributed by atoms with van der Waals surface area (Å²) < 4.78 is 8.48. The Hall–Kier alpha value is -2.22. The molecule has 0 fully saturated rings. The molecule has 1 amide bonds. The fraction of sp³-hybridized carbons (Fsp3) is 0.526. The van der Waals surface area contributed by atoms with Gasteiger partial charge in [-0.2, -0.15) is 16.9 Å². The second kappa shape index (κ2) is 8.65. The third-order valence-electron chi connectivity index (χ3n) is 4.52. The van der Waals surface area contributed by atoms with Crippen LogP contribution in [0.4, 0.5) is 0 Å². The summed E-state index contributed by atoms with van der Waals surface area (Å²) in [5.41, 5.74) is 1.63. The Kier molecular flexibility index (Phi) is 6.26. The number of aromatic nitrogens is 3. The first-order valence-electron chi connectivity index (χ1n) is 9.42. The second-order valence-electron chi connectivity index (χ2n) is 6.51. The summed E-state index contributed by atoms with van der Waals surface area (Å²) in [6.07, 6.45) is 4.16. The summed E-state index contributed by atoms with van der Waals surface area (Å²) in [4.78, 5) is 25.6. The zero-order valence-electron chi connectivity index (χ0n) is 16.0. The molecular formula is C19H26N4O3S. The third kappa shape index (κ3) is 3.90. The van der Waals surface area contributed by atoms with Crippen molar-refractivity contribution in [1.29, 1.82) is 0 Å². The van der Waals surface area contributed by atoms with Crippen LogP contribution in [0.25, 0.3) is 16.6 Å². The van der Waals surface area contributed by atoms with Gasteiger partial charge in [-0.25, -0.2) is 4.68 Å². The number of carbonyl (C=O) groups is 1. The maximum atomic E-state index is 13.0. The highest BCUT2D eigenvalue weighted by molar-refractivity contribution is 7.99. The zero-order chi connectivity index (χ0) is 19.4. The number of amides is 1. The van der Waals surface area contributed by atoms with E-state index in [1.165, 1.54) is 4.68 Å². The topological polar surface area (TPSA) is 81.5 Å². The quantitative estimate of drug-likeness (QED) is 0.568. The van der Waals surface area contributed by atoms with E-state index in [1.54, 1.807) is 22.8 Å². The Labute approximate surface area is 162 Å². The molecule has 0 saturated heterocycles. The van der Waals surface area contributed by atoms with E-state index in [9.17, 15) is 9.59 Å². The van der Waals surface area contributed by atoms with Gasteiger partial charge in [0.05, 0.1) is 11.8 Å². The van der Waals surface area contributed by atoms with E-state index in [0.29, 0.717) is 29.9 Å². The van der Waals surface area contributed by atoms with Crippen LogP contribution >= 0.6 is 11.8 Å². The summed E-state index contributed by atoms with van der Waals surface area (Å²) in [6.45, 7) is 6.48. The molecule has 8 heteroatoms. The average Bonchev–Trinajstić information content (AvgIpc) is 3.24. The molecule has 3 rings (SSSR count). The number of thioether (sulfide) groups is 1. The molecule has 1 atom stereocenters. The standard InChI is InChI=1S/C19H26N4O3S/c1-4-10-27-11-6-8-20-18(24)14(5-2)23-19(25)16-12-17-15(7-9-26-17)22(16)13(3)21-23/h7,9,12,14H,4-6,8,10-11H2,1-3H3,(H,20,24)/t14-/m0/s1. The molecule has 0 unspecified atom stereocenters. The molecule has 27 heavy (non-hydrogen) atoms.